The van der Waals surface area contributed by atoms with Gasteiger partial charge in [0.2, 0.25) is 5.95 Å². The SMILES string of the molecule is CCNc1nc(Nc2c(Cl)cccc2C(F)(F)F)cc(-c2ccncc2)n1. The Morgan fingerprint density at radius 1 is 1.07 bits per heavy atom. The molecule has 9 heteroatoms. The molecule has 2 heterocycles. The number of halogens is 4. The van der Waals surface area contributed by atoms with Crippen molar-refractivity contribution in [2.75, 3.05) is 17.2 Å². The maximum absolute atomic E-state index is 13.3. The molecule has 0 atom stereocenters. The number of hydrogen-bond donors (Lipinski definition) is 2. The first kappa shape index (κ1) is 18.9. The molecular formula is C18H15ClF3N5. The zero-order valence-corrected chi connectivity index (χ0v) is 14.9. The smallest absolute Gasteiger partial charge is 0.354 e. The molecule has 0 aliphatic rings. The summed E-state index contributed by atoms with van der Waals surface area (Å²) in [6.07, 6.45) is -1.35. The Hall–Kier alpha value is -2.87. The molecule has 0 amide bonds. The first-order valence-electron chi connectivity index (χ1n) is 8.04. The molecule has 0 saturated heterocycles. The van der Waals surface area contributed by atoms with Crippen LogP contribution in [0.5, 0.6) is 0 Å². The molecule has 5 nitrogen and oxygen atoms in total. The molecule has 1 aromatic carbocycles. The summed E-state index contributed by atoms with van der Waals surface area (Å²) in [4.78, 5) is 12.6. The number of alkyl halides is 3. The number of hydrogen-bond acceptors (Lipinski definition) is 5. The van der Waals surface area contributed by atoms with Crippen molar-refractivity contribution in [3.05, 3.63) is 59.4 Å². The molecule has 3 aromatic rings. The van der Waals surface area contributed by atoms with E-state index in [-0.39, 0.29) is 22.5 Å². The summed E-state index contributed by atoms with van der Waals surface area (Å²) in [5.74, 6) is 0.473. The maximum Gasteiger partial charge on any atom is 0.418 e. The van der Waals surface area contributed by atoms with Crippen LogP contribution in [0.2, 0.25) is 5.02 Å². The lowest BCUT2D eigenvalue weighted by atomic mass is 10.1. The predicted molar refractivity (Wildman–Crippen MR) is 99.2 cm³/mol. The molecule has 0 unspecified atom stereocenters. The van der Waals surface area contributed by atoms with Gasteiger partial charge in [-0.25, -0.2) is 4.98 Å². The molecule has 0 radical (unpaired) electrons. The average Bonchev–Trinajstić information content (AvgIpc) is 2.63. The molecule has 0 bridgehead atoms. The summed E-state index contributed by atoms with van der Waals surface area (Å²) in [7, 11) is 0. The van der Waals surface area contributed by atoms with E-state index >= 15 is 0 Å². The molecule has 3 rings (SSSR count). The first-order valence-corrected chi connectivity index (χ1v) is 8.42. The average molecular weight is 394 g/mol. The summed E-state index contributed by atoms with van der Waals surface area (Å²) in [6.45, 7) is 2.42. The number of nitrogens with zero attached hydrogens (tertiary/aromatic N) is 3. The quantitative estimate of drug-likeness (QED) is 0.608. The number of aromatic nitrogens is 3. The minimum Gasteiger partial charge on any atom is -0.354 e. The van der Waals surface area contributed by atoms with Crippen molar-refractivity contribution in [3.63, 3.8) is 0 Å². The first-order chi connectivity index (χ1) is 12.9. The third-order valence-corrected chi connectivity index (χ3v) is 3.92. The van der Waals surface area contributed by atoms with Crippen LogP contribution in [0, 0.1) is 0 Å². The third-order valence-electron chi connectivity index (χ3n) is 3.61. The van der Waals surface area contributed by atoms with E-state index in [0.717, 1.165) is 11.6 Å². The van der Waals surface area contributed by atoms with E-state index in [9.17, 15) is 13.2 Å². The molecule has 2 N–H and O–H groups in total. The highest BCUT2D eigenvalue weighted by Crippen LogP contribution is 2.39. The largest absolute Gasteiger partial charge is 0.418 e. The zero-order chi connectivity index (χ0) is 19.4. The number of nitrogens with one attached hydrogen (secondary N) is 2. The molecule has 0 spiro atoms. The van der Waals surface area contributed by atoms with Crippen LogP contribution in [-0.2, 0) is 6.18 Å². The summed E-state index contributed by atoms with van der Waals surface area (Å²) in [6, 6.07) is 8.65. The Morgan fingerprint density at radius 2 is 1.81 bits per heavy atom. The van der Waals surface area contributed by atoms with Gasteiger partial charge in [0, 0.05) is 30.6 Å². The van der Waals surface area contributed by atoms with Gasteiger partial charge in [0.15, 0.2) is 0 Å². The Bertz CT molecular complexity index is 932. The molecular weight excluding hydrogens is 379 g/mol. The minimum absolute atomic E-state index is 0.0566. The van der Waals surface area contributed by atoms with E-state index < -0.39 is 11.7 Å². The number of para-hydroxylation sites is 1. The monoisotopic (exact) mass is 393 g/mol. The van der Waals surface area contributed by atoms with E-state index in [1.807, 2.05) is 6.92 Å². The minimum atomic E-state index is -4.56. The van der Waals surface area contributed by atoms with E-state index in [1.54, 1.807) is 30.6 Å². The van der Waals surface area contributed by atoms with Crippen LogP contribution >= 0.6 is 11.6 Å². The van der Waals surface area contributed by atoms with Gasteiger partial charge in [-0.3, -0.25) is 4.98 Å². The highest BCUT2D eigenvalue weighted by molar-refractivity contribution is 6.33. The Morgan fingerprint density at radius 3 is 2.48 bits per heavy atom. The van der Waals surface area contributed by atoms with Crippen LogP contribution in [0.25, 0.3) is 11.3 Å². The van der Waals surface area contributed by atoms with Gasteiger partial charge >= 0.3 is 6.18 Å². The maximum atomic E-state index is 13.3. The number of rotatable bonds is 5. The van der Waals surface area contributed by atoms with Crippen LogP contribution in [-0.4, -0.2) is 21.5 Å². The van der Waals surface area contributed by atoms with Gasteiger partial charge in [0.25, 0.3) is 0 Å². The van der Waals surface area contributed by atoms with Gasteiger partial charge in [0.05, 0.1) is 22.0 Å². The third kappa shape index (κ3) is 4.46. The standard InChI is InChI=1S/C18H15ClF3N5/c1-2-24-17-25-14(11-6-8-23-9-7-11)10-15(27-17)26-16-12(18(20,21)22)4-3-5-13(16)19/h3-10H,2H2,1H3,(H2,24,25,26,27). The summed E-state index contributed by atoms with van der Waals surface area (Å²) < 4.78 is 40.0. The van der Waals surface area contributed by atoms with Gasteiger partial charge in [0.1, 0.15) is 5.82 Å². The summed E-state index contributed by atoms with van der Waals surface area (Å²) in [5.41, 5.74) is 0.161. The number of anilines is 3. The van der Waals surface area contributed by atoms with E-state index in [4.69, 9.17) is 11.6 Å². The summed E-state index contributed by atoms with van der Waals surface area (Å²) >= 11 is 6.01. The second kappa shape index (κ2) is 7.79. The Kier molecular flexibility index (Phi) is 5.46. The number of pyridine rings is 1. The fourth-order valence-electron chi connectivity index (χ4n) is 2.43. The summed E-state index contributed by atoms with van der Waals surface area (Å²) in [5, 5.41) is 5.61. The van der Waals surface area contributed by atoms with Crippen LogP contribution in [0.15, 0.2) is 48.8 Å². The van der Waals surface area contributed by atoms with E-state index in [2.05, 4.69) is 25.6 Å². The lowest BCUT2D eigenvalue weighted by molar-refractivity contribution is -0.136. The second-order valence-corrected chi connectivity index (χ2v) is 5.92. The predicted octanol–water partition coefficient (Wildman–Crippen LogP) is 5.39. The van der Waals surface area contributed by atoms with Crippen LogP contribution in [0.4, 0.5) is 30.6 Å². The molecule has 2 aromatic heterocycles. The Balaban J connectivity index is 2.07. The van der Waals surface area contributed by atoms with Crippen molar-refractivity contribution in [1.29, 1.82) is 0 Å². The van der Waals surface area contributed by atoms with Crippen molar-refractivity contribution in [3.8, 4) is 11.3 Å². The Labute approximate surface area is 158 Å². The normalized spacial score (nSPS) is 11.3. The van der Waals surface area contributed by atoms with Crippen molar-refractivity contribution in [2.45, 2.75) is 13.1 Å². The van der Waals surface area contributed by atoms with E-state index in [1.165, 1.54) is 12.1 Å². The van der Waals surface area contributed by atoms with Gasteiger partial charge < -0.3 is 10.6 Å². The molecule has 0 aliphatic heterocycles. The van der Waals surface area contributed by atoms with Gasteiger partial charge in [-0.1, -0.05) is 17.7 Å². The van der Waals surface area contributed by atoms with Crippen molar-refractivity contribution >= 4 is 29.1 Å². The highest BCUT2D eigenvalue weighted by Gasteiger charge is 2.34. The molecule has 27 heavy (non-hydrogen) atoms. The van der Waals surface area contributed by atoms with Crippen LogP contribution in [0.3, 0.4) is 0 Å². The van der Waals surface area contributed by atoms with Crippen LogP contribution in [0.1, 0.15) is 12.5 Å². The topological polar surface area (TPSA) is 62.7 Å². The highest BCUT2D eigenvalue weighted by atomic mass is 35.5. The molecule has 0 fully saturated rings. The van der Waals surface area contributed by atoms with Crippen LogP contribution < -0.4 is 10.6 Å². The van der Waals surface area contributed by atoms with Gasteiger partial charge in [-0.15, -0.1) is 0 Å². The fourth-order valence-corrected chi connectivity index (χ4v) is 2.66. The molecule has 0 saturated carbocycles. The van der Waals surface area contributed by atoms with Crippen molar-refractivity contribution in [1.82, 2.24) is 15.0 Å². The van der Waals surface area contributed by atoms with Gasteiger partial charge in [-0.05, 0) is 31.2 Å². The van der Waals surface area contributed by atoms with E-state index in [0.29, 0.717) is 12.2 Å². The molecule has 140 valence electrons. The number of benzene rings is 1. The fraction of sp³-hybridized carbons (Fsp3) is 0.167. The molecule has 0 aliphatic carbocycles. The lowest BCUT2D eigenvalue weighted by Gasteiger charge is -2.16. The zero-order valence-electron chi connectivity index (χ0n) is 14.2. The van der Waals surface area contributed by atoms with Crippen molar-refractivity contribution < 1.29 is 13.2 Å². The second-order valence-electron chi connectivity index (χ2n) is 5.51. The van der Waals surface area contributed by atoms with Gasteiger partial charge in [-0.2, -0.15) is 18.2 Å². The lowest BCUT2D eigenvalue weighted by Crippen LogP contribution is -2.11. The van der Waals surface area contributed by atoms with Crippen molar-refractivity contribution in [2.24, 2.45) is 0 Å².